The molecule has 0 unspecified atom stereocenters. The number of rotatable bonds is 1. The summed E-state index contributed by atoms with van der Waals surface area (Å²) >= 11 is 0. The van der Waals surface area contributed by atoms with Crippen LogP contribution in [0.5, 0.6) is 0 Å². The fraction of sp³-hybridized carbons (Fsp3) is 0.231. The molecule has 0 spiro atoms. The number of ketones is 1. The zero-order valence-electron chi connectivity index (χ0n) is 15.9. The van der Waals surface area contributed by atoms with Crippen LogP contribution in [0.25, 0.3) is 11.1 Å². The van der Waals surface area contributed by atoms with Crippen LogP contribution in [-0.2, 0) is 11.2 Å². The van der Waals surface area contributed by atoms with Crippen LogP contribution in [0.3, 0.4) is 0 Å². The number of carbonyl (C=O) groups is 1. The summed E-state index contributed by atoms with van der Waals surface area (Å²) in [5.41, 5.74) is 7.90. The Morgan fingerprint density at radius 2 is 1.50 bits per heavy atom. The summed E-state index contributed by atoms with van der Waals surface area (Å²) in [5.74, 6) is 0.374. The van der Waals surface area contributed by atoms with Crippen LogP contribution in [0, 0.1) is 0 Å². The van der Waals surface area contributed by atoms with Gasteiger partial charge in [0.1, 0.15) is 5.57 Å². The first-order valence-corrected chi connectivity index (χ1v) is 10.2. The fourth-order valence-electron chi connectivity index (χ4n) is 4.55. The van der Waals surface area contributed by atoms with Gasteiger partial charge in [-0.1, -0.05) is 60.5 Å². The average molecular weight is 367 g/mol. The number of carbonyl (C=O) groups excluding carboxylic acids is 2. The highest BCUT2D eigenvalue weighted by atomic mass is 16.5. The molecule has 5 rings (SSSR count). The highest BCUT2D eigenvalue weighted by molar-refractivity contribution is 6.21. The van der Waals surface area contributed by atoms with E-state index in [9.17, 15) is 4.79 Å². The quantitative estimate of drug-likeness (QED) is 0.580. The Kier molecular flexibility index (Phi) is 4.40. The van der Waals surface area contributed by atoms with Crippen LogP contribution < -0.4 is 0 Å². The Bertz CT molecular complexity index is 1070. The molecule has 138 valence electrons. The molecule has 0 amide bonds. The lowest BCUT2D eigenvalue weighted by Gasteiger charge is -2.21. The summed E-state index contributed by atoms with van der Waals surface area (Å²) in [6, 6.07) is 16.3. The minimum Gasteiger partial charge on any atom is -0.267 e. The normalized spacial score (nSPS) is 19.4. The molecule has 0 radical (unpaired) electrons. The molecule has 3 aliphatic carbocycles. The molecule has 0 atom stereocenters. The van der Waals surface area contributed by atoms with E-state index in [0.717, 1.165) is 17.5 Å². The van der Waals surface area contributed by atoms with Gasteiger partial charge in [0.2, 0.25) is 0 Å². The van der Waals surface area contributed by atoms with Crippen molar-refractivity contribution in [3.8, 4) is 0 Å². The van der Waals surface area contributed by atoms with Crippen molar-refractivity contribution in [2.75, 3.05) is 0 Å². The molecular weight excluding hydrogens is 344 g/mol. The Morgan fingerprint density at radius 3 is 2.32 bits per heavy atom. The number of hydrogen-bond donors (Lipinski definition) is 0. The summed E-state index contributed by atoms with van der Waals surface area (Å²) in [4.78, 5) is 12.9. The molecule has 0 saturated heterocycles. The van der Waals surface area contributed by atoms with E-state index in [-0.39, 0.29) is 5.97 Å². The van der Waals surface area contributed by atoms with Crippen molar-refractivity contribution in [3.63, 3.8) is 0 Å². The van der Waals surface area contributed by atoms with E-state index >= 15 is 0 Å². The van der Waals surface area contributed by atoms with E-state index in [4.69, 9.17) is 4.42 Å². The SMILES string of the molecule is O=C([O+]=C1C=CC(=C2CCCCC2)c2ccccc21)C1=CCc2ccccc21. The van der Waals surface area contributed by atoms with Crippen molar-refractivity contribution in [2.24, 2.45) is 0 Å². The first kappa shape index (κ1) is 17.1. The number of benzene rings is 2. The molecule has 3 aliphatic rings. The molecule has 0 aromatic heterocycles. The van der Waals surface area contributed by atoms with E-state index in [1.807, 2.05) is 36.4 Å². The highest BCUT2D eigenvalue weighted by Crippen LogP contribution is 2.35. The maximum Gasteiger partial charge on any atom is 0.613 e. The summed E-state index contributed by atoms with van der Waals surface area (Å²) in [6.07, 6.45) is 13.1. The first-order valence-electron chi connectivity index (χ1n) is 10.2. The van der Waals surface area contributed by atoms with E-state index in [0.29, 0.717) is 11.4 Å². The van der Waals surface area contributed by atoms with Crippen molar-refractivity contribution in [1.82, 2.24) is 0 Å². The van der Waals surface area contributed by atoms with Crippen molar-refractivity contribution < 1.29 is 9.22 Å². The van der Waals surface area contributed by atoms with E-state index in [1.54, 1.807) is 0 Å². The third-order valence-electron chi connectivity index (χ3n) is 5.98. The molecule has 2 heteroatoms. The van der Waals surface area contributed by atoms with Crippen molar-refractivity contribution in [2.45, 2.75) is 38.5 Å². The van der Waals surface area contributed by atoms with Gasteiger partial charge in [-0.05, 0) is 66.5 Å². The maximum absolute atomic E-state index is 12.9. The summed E-state index contributed by atoms with van der Waals surface area (Å²) in [7, 11) is 0. The Morgan fingerprint density at radius 1 is 0.786 bits per heavy atom. The zero-order valence-corrected chi connectivity index (χ0v) is 15.9. The van der Waals surface area contributed by atoms with Gasteiger partial charge in [0.05, 0.1) is 10.4 Å². The second-order valence-electron chi connectivity index (χ2n) is 7.69. The second-order valence-corrected chi connectivity index (χ2v) is 7.69. The second kappa shape index (κ2) is 7.20. The van der Waals surface area contributed by atoms with Crippen molar-refractivity contribution in [3.05, 3.63) is 94.6 Å². The van der Waals surface area contributed by atoms with Gasteiger partial charge in [-0.3, -0.25) is 4.42 Å². The molecule has 0 N–H and O–H groups in total. The predicted molar refractivity (Wildman–Crippen MR) is 113 cm³/mol. The molecule has 2 aromatic carbocycles. The minimum absolute atomic E-state index is 0.270. The largest absolute Gasteiger partial charge is 0.613 e. The van der Waals surface area contributed by atoms with Crippen LogP contribution in [-0.4, -0.2) is 11.8 Å². The summed E-state index contributed by atoms with van der Waals surface area (Å²) < 4.78 is 5.89. The van der Waals surface area contributed by atoms with Gasteiger partial charge < -0.3 is 0 Å². The standard InChI is InChI=1S/C26H23O2/c27-26(24-15-14-19-10-4-5-11-20(19)24)28-25-17-16-21(18-8-2-1-3-9-18)22-12-6-7-13-23(22)25/h4-7,10-13,15-17H,1-3,8-9,14H2/q+1. The third kappa shape index (κ3) is 2.99. The number of allylic oxidation sites excluding steroid dienone is 5. The van der Waals surface area contributed by atoms with Crippen LogP contribution in [0.4, 0.5) is 0 Å². The van der Waals surface area contributed by atoms with Gasteiger partial charge in [0.15, 0.2) is 0 Å². The minimum atomic E-state index is -0.270. The Hall–Kier alpha value is -3.00. The van der Waals surface area contributed by atoms with Gasteiger partial charge in [0, 0.05) is 6.08 Å². The summed E-state index contributed by atoms with van der Waals surface area (Å²) in [5, 5.41) is 0. The smallest absolute Gasteiger partial charge is 0.267 e. The predicted octanol–water partition coefficient (Wildman–Crippen LogP) is 5.86. The van der Waals surface area contributed by atoms with Gasteiger partial charge in [-0.15, -0.1) is 0 Å². The maximum atomic E-state index is 12.9. The third-order valence-corrected chi connectivity index (χ3v) is 5.98. The van der Waals surface area contributed by atoms with Crippen LogP contribution >= 0.6 is 0 Å². The lowest BCUT2D eigenvalue weighted by molar-refractivity contribution is -0.234. The molecular formula is C26H23O2+. The fourth-order valence-corrected chi connectivity index (χ4v) is 4.55. The van der Waals surface area contributed by atoms with E-state index in [2.05, 4.69) is 30.3 Å². The van der Waals surface area contributed by atoms with Gasteiger partial charge in [0.25, 0.3) is 5.78 Å². The van der Waals surface area contributed by atoms with Crippen LogP contribution in [0.15, 0.2) is 72.3 Å². The molecule has 0 bridgehead atoms. The lowest BCUT2D eigenvalue weighted by atomic mass is 9.83. The first-order chi connectivity index (χ1) is 13.8. The molecule has 2 aromatic rings. The zero-order chi connectivity index (χ0) is 18.9. The molecule has 0 heterocycles. The molecule has 0 aliphatic heterocycles. The topological polar surface area (TPSA) is 28.4 Å². The summed E-state index contributed by atoms with van der Waals surface area (Å²) in [6.45, 7) is 0. The van der Waals surface area contributed by atoms with E-state index < -0.39 is 0 Å². The average Bonchev–Trinajstić information content (AvgIpc) is 3.19. The van der Waals surface area contributed by atoms with Gasteiger partial charge in [-0.2, -0.15) is 0 Å². The van der Waals surface area contributed by atoms with Crippen molar-refractivity contribution >= 4 is 22.9 Å². The number of hydrogen-bond acceptors (Lipinski definition) is 1. The van der Waals surface area contributed by atoms with E-state index in [1.165, 1.54) is 54.4 Å². The van der Waals surface area contributed by atoms with Gasteiger partial charge in [-0.25, -0.2) is 0 Å². The van der Waals surface area contributed by atoms with Crippen molar-refractivity contribution in [1.29, 1.82) is 0 Å². The molecule has 2 nitrogen and oxygen atoms in total. The monoisotopic (exact) mass is 367 g/mol. The lowest BCUT2D eigenvalue weighted by Crippen LogP contribution is -2.11. The van der Waals surface area contributed by atoms with Crippen LogP contribution in [0.1, 0.15) is 58.8 Å². The highest BCUT2D eigenvalue weighted by Gasteiger charge is 2.31. The number of fused-ring (bicyclic) bond motifs is 2. The van der Waals surface area contributed by atoms with Crippen LogP contribution in [0.2, 0.25) is 0 Å². The Labute approximate surface area is 165 Å². The molecule has 28 heavy (non-hydrogen) atoms. The Balaban J connectivity index is 1.53. The van der Waals surface area contributed by atoms with Gasteiger partial charge >= 0.3 is 5.97 Å². The molecule has 1 fully saturated rings. The molecule has 1 saturated carbocycles.